The van der Waals surface area contributed by atoms with Crippen molar-refractivity contribution < 1.29 is 13.9 Å². The molecule has 0 aliphatic rings. The number of para-hydroxylation sites is 1. The summed E-state index contributed by atoms with van der Waals surface area (Å²) >= 11 is 3.21. The Balaban J connectivity index is 1.51. The van der Waals surface area contributed by atoms with Crippen molar-refractivity contribution in [2.75, 3.05) is 17.8 Å². The van der Waals surface area contributed by atoms with Crippen LogP contribution in [-0.2, 0) is 17.8 Å². The van der Waals surface area contributed by atoms with Gasteiger partial charge in [-0.3, -0.25) is 9.69 Å². The number of ether oxygens (including phenoxy) is 1. The second-order valence-electron chi connectivity index (χ2n) is 6.95. The van der Waals surface area contributed by atoms with Crippen molar-refractivity contribution in [2.45, 2.75) is 31.2 Å². The number of amides is 1. The van der Waals surface area contributed by atoms with Crippen molar-refractivity contribution in [3.05, 3.63) is 72.2 Å². The molecule has 160 valence electrons. The molecule has 0 saturated carbocycles. The number of hydrogen-bond acceptors (Lipinski definition) is 6. The number of thiazole rings is 1. The van der Waals surface area contributed by atoms with Crippen LogP contribution in [0.25, 0.3) is 10.2 Å². The Labute approximate surface area is 190 Å². The van der Waals surface area contributed by atoms with Crippen molar-refractivity contribution in [1.82, 2.24) is 4.98 Å². The molecule has 0 saturated heterocycles. The van der Waals surface area contributed by atoms with E-state index in [1.54, 1.807) is 41.4 Å². The van der Waals surface area contributed by atoms with Crippen LogP contribution < -0.4 is 9.64 Å². The fourth-order valence-electron chi connectivity index (χ4n) is 3.28. The highest BCUT2D eigenvalue weighted by Crippen LogP contribution is 2.32. The van der Waals surface area contributed by atoms with Crippen molar-refractivity contribution in [3.8, 4) is 5.75 Å². The summed E-state index contributed by atoms with van der Waals surface area (Å²) in [5.41, 5.74) is 2.18. The number of carbonyl (C=O) groups is 1. The predicted molar refractivity (Wildman–Crippen MR) is 127 cm³/mol. The maximum atomic E-state index is 13.2. The van der Waals surface area contributed by atoms with Gasteiger partial charge in [0.05, 0.1) is 30.1 Å². The lowest BCUT2D eigenvalue weighted by Gasteiger charge is -2.18. The second kappa shape index (κ2) is 10.0. The van der Waals surface area contributed by atoms with Crippen LogP contribution in [0.5, 0.6) is 5.75 Å². The molecule has 7 heteroatoms. The number of benzene rings is 2. The molecule has 0 unspecified atom stereocenters. The number of rotatable bonds is 9. The molecular weight excluding hydrogens is 428 g/mol. The number of fused-ring (bicyclic) bond motifs is 1. The molecule has 0 fully saturated rings. The second-order valence-corrected chi connectivity index (χ2v) is 9.12. The summed E-state index contributed by atoms with van der Waals surface area (Å²) in [5, 5.41) is 0.715. The number of thioether (sulfide) groups is 1. The number of aryl methyl sites for hydroxylation is 1. The SMILES string of the molecule is CCc1cccc2sc(N(Cc3ccco3)C(=O)CCSc3ccc(OC)cc3)nc12. The van der Waals surface area contributed by atoms with Gasteiger partial charge in [-0.2, -0.15) is 0 Å². The van der Waals surface area contributed by atoms with Crippen LogP contribution in [0.4, 0.5) is 5.13 Å². The molecule has 2 aromatic carbocycles. The van der Waals surface area contributed by atoms with E-state index in [2.05, 4.69) is 19.1 Å². The van der Waals surface area contributed by atoms with E-state index >= 15 is 0 Å². The van der Waals surface area contributed by atoms with E-state index in [9.17, 15) is 4.79 Å². The minimum atomic E-state index is 0.0366. The zero-order valence-corrected chi connectivity index (χ0v) is 19.2. The molecule has 2 aromatic heterocycles. The van der Waals surface area contributed by atoms with Crippen LogP contribution in [0.15, 0.2) is 70.2 Å². The van der Waals surface area contributed by atoms with Gasteiger partial charge in [-0.15, -0.1) is 11.8 Å². The molecule has 2 heterocycles. The van der Waals surface area contributed by atoms with E-state index in [0.29, 0.717) is 23.8 Å². The minimum absolute atomic E-state index is 0.0366. The number of hydrogen-bond donors (Lipinski definition) is 0. The lowest BCUT2D eigenvalue weighted by atomic mass is 10.1. The largest absolute Gasteiger partial charge is 0.497 e. The third-order valence-corrected chi connectivity index (χ3v) is 7.00. The van der Waals surface area contributed by atoms with Crippen LogP contribution >= 0.6 is 23.1 Å². The zero-order chi connectivity index (χ0) is 21.6. The highest BCUT2D eigenvalue weighted by molar-refractivity contribution is 7.99. The summed E-state index contributed by atoms with van der Waals surface area (Å²) in [7, 11) is 1.65. The third-order valence-electron chi connectivity index (χ3n) is 4.94. The lowest BCUT2D eigenvalue weighted by Crippen LogP contribution is -2.30. The van der Waals surface area contributed by atoms with Crippen LogP contribution in [0.2, 0.25) is 0 Å². The van der Waals surface area contributed by atoms with Gasteiger partial charge in [-0.25, -0.2) is 4.98 Å². The van der Waals surface area contributed by atoms with Gasteiger partial charge in [0.1, 0.15) is 11.5 Å². The summed E-state index contributed by atoms with van der Waals surface area (Å²) in [6.45, 7) is 2.50. The van der Waals surface area contributed by atoms with Gasteiger partial charge in [-0.05, 0) is 54.4 Å². The molecule has 0 spiro atoms. The van der Waals surface area contributed by atoms with Gasteiger partial charge in [0.2, 0.25) is 5.91 Å². The molecule has 0 aliphatic carbocycles. The van der Waals surface area contributed by atoms with Crippen LogP contribution in [0.3, 0.4) is 0 Å². The zero-order valence-electron chi connectivity index (χ0n) is 17.5. The Hall–Kier alpha value is -2.77. The first-order valence-electron chi connectivity index (χ1n) is 10.2. The maximum Gasteiger partial charge on any atom is 0.230 e. The molecule has 0 aliphatic heterocycles. The first kappa shape index (κ1) is 21.5. The minimum Gasteiger partial charge on any atom is -0.497 e. The van der Waals surface area contributed by atoms with E-state index in [0.717, 1.165) is 33.0 Å². The van der Waals surface area contributed by atoms with E-state index in [-0.39, 0.29) is 5.91 Å². The highest BCUT2D eigenvalue weighted by atomic mass is 32.2. The quantitative estimate of drug-likeness (QED) is 0.284. The first-order chi connectivity index (χ1) is 15.2. The van der Waals surface area contributed by atoms with E-state index in [4.69, 9.17) is 14.1 Å². The Bertz CT molecular complexity index is 1140. The molecule has 31 heavy (non-hydrogen) atoms. The third kappa shape index (κ3) is 5.11. The standard InChI is InChI=1S/C24H24N2O3S2/c1-3-17-6-4-8-21-23(17)25-24(31-21)26(16-19-7-5-14-29-19)22(27)13-15-30-20-11-9-18(28-2)10-12-20/h4-12,14H,3,13,15-16H2,1-2H3. The Morgan fingerprint density at radius 2 is 2.00 bits per heavy atom. The van der Waals surface area contributed by atoms with Gasteiger partial charge in [0.15, 0.2) is 5.13 Å². The molecule has 4 rings (SSSR count). The first-order valence-corrected chi connectivity index (χ1v) is 12.0. The Kier molecular flexibility index (Phi) is 6.94. The maximum absolute atomic E-state index is 13.2. The summed E-state index contributed by atoms with van der Waals surface area (Å²) in [6, 6.07) is 17.8. The molecule has 0 radical (unpaired) electrons. The average molecular weight is 453 g/mol. The van der Waals surface area contributed by atoms with Crippen LogP contribution in [0.1, 0.15) is 24.7 Å². The van der Waals surface area contributed by atoms with Gasteiger partial charge in [0.25, 0.3) is 0 Å². The molecule has 0 atom stereocenters. The molecule has 5 nitrogen and oxygen atoms in total. The summed E-state index contributed by atoms with van der Waals surface area (Å²) in [4.78, 5) is 20.9. The summed E-state index contributed by atoms with van der Waals surface area (Å²) in [6.07, 6.45) is 2.95. The van der Waals surface area contributed by atoms with E-state index in [1.807, 2.05) is 42.5 Å². The van der Waals surface area contributed by atoms with Crippen LogP contribution in [-0.4, -0.2) is 23.8 Å². The molecule has 4 aromatic rings. The fourth-order valence-corrected chi connectivity index (χ4v) is 5.15. The molecule has 1 amide bonds. The topological polar surface area (TPSA) is 55.6 Å². The monoisotopic (exact) mass is 452 g/mol. The summed E-state index contributed by atoms with van der Waals surface area (Å²) < 4.78 is 11.8. The van der Waals surface area contributed by atoms with E-state index < -0.39 is 0 Å². The fraction of sp³-hybridized carbons (Fsp3) is 0.250. The highest BCUT2D eigenvalue weighted by Gasteiger charge is 2.21. The molecular formula is C24H24N2O3S2. The van der Waals surface area contributed by atoms with Crippen LogP contribution in [0, 0.1) is 0 Å². The predicted octanol–water partition coefficient (Wildman–Crippen LogP) is 6.18. The molecule has 0 N–H and O–H groups in total. The number of aromatic nitrogens is 1. The number of furan rings is 1. The van der Waals surface area contributed by atoms with Crippen molar-refractivity contribution >= 4 is 44.4 Å². The lowest BCUT2D eigenvalue weighted by molar-refractivity contribution is -0.118. The summed E-state index contributed by atoms with van der Waals surface area (Å²) in [5.74, 6) is 2.29. The average Bonchev–Trinajstić information content (AvgIpc) is 3.47. The van der Waals surface area contributed by atoms with Gasteiger partial charge in [0, 0.05) is 17.1 Å². The number of nitrogens with zero attached hydrogens (tertiary/aromatic N) is 2. The number of carbonyl (C=O) groups excluding carboxylic acids is 1. The number of anilines is 1. The number of methoxy groups -OCH3 is 1. The van der Waals surface area contributed by atoms with Gasteiger partial charge < -0.3 is 9.15 Å². The smallest absolute Gasteiger partial charge is 0.230 e. The van der Waals surface area contributed by atoms with Crippen molar-refractivity contribution in [2.24, 2.45) is 0 Å². The van der Waals surface area contributed by atoms with E-state index in [1.165, 1.54) is 5.56 Å². The van der Waals surface area contributed by atoms with Crippen molar-refractivity contribution in [3.63, 3.8) is 0 Å². The van der Waals surface area contributed by atoms with Gasteiger partial charge in [-0.1, -0.05) is 30.4 Å². The normalized spacial score (nSPS) is 11.0. The molecule has 0 bridgehead atoms. The van der Waals surface area contributed by atoms with Gasteiger partial charge >= 0.3 is 0 Å². The Morgan fingerprint density at radius 1 is 1.16 bits per heavy atom. The Morgan fingerprint density at radius 3 is 2.71 bits per heavy atom. The van der Waals surface area contributed by atoms with Crippen molar-refractivity contribution in [1.29, 1.82) is 0 Å².